The molecule has 0 saturated carbocycles. The fraction of sp³-hybridized carbons (Fsp3) is 0.943. The van der Waals surface area contributed by atoms with Crippen LogP contribution in [-0.4, -0.2) is 68.5 Å². The number of phosphoric ester groups is 1. The minimum Gasteiger partial charge on any atom is -0.756 e. The molecule has 62 heavy (non-hydrogen) atoms. The standard InChI is InChI=1S/C53H107N2O6P/c1-6-8-10-12-14-16-18-20-22-24-25-26-27-28-29-31-33-35-37-39-41-43-45-47-53(57)54-51(50-61-62(58,59)60-49-48-55(3,4)5)52(56)46-44-42-40-38-36-34-32-30-23-21-19-17-15-13-11-9-7-2/h20,22,51-52,56H,6-19,21,23-50H2,1-5H3,(H-,54,57,58,59)/b22-20+/t51-,52+/m0/s1. The van der Waals surface area contributed by atoms with E-state index in [-0.39, 0.29) is 19.1 Å². The quantitative estimate of drug-likeness (QED) is 0.0272. The Balaban J connectivity index is 4.18. The molecule has 0 saturated heterocycles. The molecule has 9 heteroatoms. The number of carbonyl (C=O) groups excluding carboxylic acids is 1. The van der Waals surface area contributed by atoms with Gasteiger partial charge >= 0.3 is 0 Å². The van der Waals surface area contributed by atoms with Gasteiger partial charge in [0.05, 0.1) is 39.9 Å². The van der Waals surface area contributed by atoms with E-state index in [0.29, 0.717) is 23.9 Å². The molecular formula is C53H107N2O6P. The first-order chi connectivity index (χ1) is 30.0. The minimum atomic E-state index is -4.57. The molecule has 1 amide bonds. The summed E-state index contributed by atoms with van der Waals surface area (Å²) in [5.41, 5.74) is 0. The summed E-state index contributed by atoms with van der Waals surface area (Å²) in [6, 6.07) is -0.797. The van der Waals surface area contributed by atoms with Crippen LogP contribution in [0.1, 0.15) is 271 Å². The molecule has 1 unspecified atom stereocenters. The Hall–Kier alpha value is -0.760. The molecule has 2 N–H and O–H groups in total. The van der Waals surface area contributed by atoms with Gasteiger partial charge in [0.25, 0.3) is 7.82 Å². The second-order valence-electron chi connectivity index (χ2n) is 19.9. The van der Waals surface area contributed by atoms with Crippen molar-refractivity contribution in [1.29, 1.82) is 0 Å². The number of phosphoric acid groups is 1. The Morgan fingerprint density at radius 3 is 1.26 bits per heavy atom. The third-order valence-electron chi connectivity index (χ3n) is 12.5. The molecule has 0 aromatic heterocycles. The van der Waals surface area contributed by atoms with Crippen LogP contribution in [0.4, 0.5) is 0 Å². The first-order valence-corrected chi connectivity index (χ1v) is 28.5. The molecule has 0 aliphatic carbocycles. The van der Waals surface area contributed by atoms with Gasteiger partial charge < -0.3 is 28.8 Å². The van der Waals surface area contributed by atoms with Crippen molar-refractivity contribution in [2.75, 3.05) is 40.9 Å². The van der Waals surface area contributed by atoms with Gasteiger partial charge in [-0.05, 0) is 38.5 Å². The van der Waals surface area contributed by atoms with Gasteiger partial charge in [0.1, 0.15) is 13.2 Å². The van der Waals surface area contributed by atoms with Crippen LogP contribution in [0.5, 0.6) is 0 Å². The Labute approximate surface area is 386 Å². The largest absolute Gasteiger partial charge is 0.756 e. The number of nitrogens with one attached hydrogen (secondary N) is 1. The number of rotatable bonds is 50. The van der Waals surface area contributed by atoms with Gasteiger partial charge in [-0.1, -0.05) is 238 Å². The highest BCUT2D eigenvalue weighted by atomic mass is 31.2. The van der Waals surface area contributed by atoms with Crippen LogP contribution in [0.2, 0.25) is 0 Å². The average Bonchev–Trinajstić information content (AvgIpc) is 3.23. The molecule has 8 nitrogen and oxygen atoms in total. The number of unbranched alkanes of at least 4 members (excludes halogenated alkanes) is 35. The van der Waals surface area contributed by atoms with E-state index in [1.54, 1.807) is 0 Å². The number of aliphatic hydroxyl groups is 1. The van der Waals surface area contributed by atoms with Gasteiger partial charge in [0, 0.05) is 6.42 Å². The van der Waals surface area contributed by atoms with Crippen LogP contribution in [-0.2, 0) is 18.4 Å². The monoisotopic (exact) mass is 899 g/mol. The molecule has 0 aromatic rings. The van der Waals surface area contributed by atoms with Gasteiger partial charge in [-0.15, -0.1) is 0 Å². The molecule has 0 aromatic carbocycles. The van der Waals surface area contributed by atoms with Crippen molar-refractivity contribution in [3.63, 3.8) is 0 Å². The van der Waals surface area contributed by atoms with Crippen LogP contribution in [0.25, 0.3) is 0 Å². The average molecular weight is 899 g/mol. The molecule has 0 aliphatic heterocycles. The topological polar surface area (TPSA) is 108 Å². The summed E-state index contributed by atoms with van der Waals surface area (Å²) in [7, 11) is 1.32. The predicted octanol–water partition coefficient (Wildman–Crippen LogP) is 15.2. The first-order valence-electron chi connectivity index (χ1n) is 27.0. The molecule has 3 atom stereocenters. The fourth-order valence-electron chi connectivity index (χ4n) is 8.21. The van der Waals surface area contributed by atoms with E-state index >= 15 is 0 Å². The van der Waals surface area contributed by atoms with Gasteiger partial charge in [-0.2, -0.15) is 0 Å². The van der Waals surface area contributed by atoms with E-state index in [1.165, 1.54) is 205 Å². The zero-order valence-electron chi connectivity index (χ0n) is 42.1. The maximum Gasteiger partial charge on any atom is 0.268 e. The molecule has 0 radical (unpaired) electrons. The minimum absolute atomic E-state index is 0.0148. The number of quaternary nitrogens is 1. The Kier molecular flexibility index (Phi) is 44.8. The van der Waals surface area contributed by atoms with E-state index < -0.39 is 20.0 Å². The summed E-state index contributed by atoms with van der Waals surface area (Å²) < 4.78 is 23.4. The van der Waals surface area contributed by atoms with Crippen LogP contribution in [0, 0.1) is 0 Å². The van der Waals surface area contributed by atoms with Crippen LogP contribution >= 0.6 is 7.82 Å². The Morgan fingerprint density at radius 1 is 0.548 bits per heavy atom. The normalized spacial score (nSPS) is 14.1. The Bertz CT molecular complexity index is 1020. The smallest absolute Gasteiger partial charge is 0.268 e. The molecule has 0 fully saturated rings. The number of carbonyl (C=O) groups is 1. The highest BCUT2D eigenvalue weighted by molar-refractivity contribution is 7.45. The summed E-state index contributed by atoms with van der Waals surface area (Å²) in [6.45, 7) is 4.75. The summed E-state index contributed by atoms with van der Waals surface area (Å²) in [5.74, 6) is -0.160. The van der Waals surface area contributed by atoms with E-state index in [0.717, 1.165) is 38.5 Å². The van der Waals surface area contributed by atoms with Crippen molar-refractivity contribution in [2.24, 2.45) is 0 Å². The van der Waals surface area contributed by atoms with E-state index in [1.807, 2.05) is 21.1 Å². The number of nitrogens with zero attached hydrogens (tertiary/aromatic N) is 1. The van der Waals surface area contributed by atoms with Crippen molar-refractivity contribution < 1.29 is 32.9 Å². The highest BCUT2D eigenvalue weighted by Crippen LogP contribution is 2.38. The number of aliphatic hydroxyl groups excluding tert-OH is 1. The molecule has 0 aliphatic rings. The second-order valence-corrected chi connectivity index (χ2v) is 21.4. The molecule has 0 rings (SSSR count). The zero-order chi connectivity index (χ0) is 45.7. The van der Waals surface area contributed by atoms with Crippen molar-refractivity contribution in [3.8, 4) is 0 Å². The molecule has 0 spiro atoms. The van der Waals surface area contributed by atoms with Crippen molar-refractivity contribution in [3.05, 3.63) is 12.2 Å². The Morgan fingerprint density at radius 2 is 0.887 bits per heavy atom. The van der Waals surface area contributed by atoms with Crippen LogP contribution in [0.15, 0.2) is 12.2 Å². The number of allylic oxidation sites excluding steroid dienone is 2. The first kappa shape index (κ1) is 61.2. The van der Waals surface area contributed by atoms with Crippen LogP contribution < -0.4 is 10.2 Å². The lowest BCUT2D eigenvalue weighted by Crippen LogP contribution is -2.46. The SMILES string of the molecule is CCCCCCCC/C=C/CCCCCCCCCCCCCCCC(=O)N[C@@H](COP(=O)([O-])OCC[N+](C)(C)C)[C@H](O)CCCCCCCCCCCCCCCCCCC. The number of amides is 1. The van der Waals surface area contributed by atoms with Crippen molar-refractivity contribution >= 4 is 13.7 Å². The zero-order valence-corrected chi connectivity index (χ0v) is 43.0. The maximum atomic E-state index is 13.0. The molecular weight excluding hydrogens is 792 g/mol. The van der Waals surface area contributed by atoms with Gasteiger partial charge in [-0.3, -0.25) is 9.36 Å². The molecule has 370 valence electrons. The van der Waals surface area contributed by atoms with Crippen LogP contribution in [0.3, 0.4) is 0 Å². The number of hydrogen-bond donors (Lipinski definition) is 2. The third kappa shape index (κ3) is 47.2. The summed E-state index contributed by atoms with van der Waals surface area (Å²) >= 11 is 0. The summed E-state index contributed by atoms with van der Waals surface area (Å²) in [6.07, 6.45) is 53.7. The van der Waals surface area contributed by atoms with E-state index in [4.69, 9.17) is 9.05 Å². The second kappa shape index (κ2) is 45.4. The van der Waals surface area contributed by atoms with Crippen molar-refractivity contribution in [2.45, 2.75) is 283 Å². The lowest BCUT2D eigenvalue weighted by atomic mass is 10.0. The van der Waals surface area contributed by atoms with Crippen molar-refractivity contribution in [1.82, 2.24) is 5.32 Å². The summed E-state index contributed by atoms with van der Waals surface area (Å²) in [5, 5.41) is 14.0. The molecule has 0 heterocycles. The van der Waals surface area contributed by atoms with Gasteiger partial charge in [0.15, 0.2) is 0 Å². The lowest BCUT2D eigenvalue weighted by Gasteiger charge is -2.30. The molecule has 0 bridgehead atoms. The predicted molar refractivity (Wildman–Crippen MR) is 266 cm³/mol. The number of likely N-dealkylation sites (N-methyl/N-ethyl adjacent to an activating group) is 1. The van der Waals surface area contributed by atoms with Gasteiger partial charge in [0.2, 0.25) is 5.91 Å². The van der Waals surface area contributed by atoms with E-state index in [9.17, 15) is 19.4 Å². The fourth-order valence-corrected chi connectivity index (χ4v) is 8.94. The number of hydrogen-bond acceptors (Lipinski definition) is 6. The lowest BCUT2D eigenvalue weighted by molar-refractivity contribution is -0.870. The maximum absolute atomic E-state index is 13.0. The third-order valence-corrected chi connectivity index (χ3v) is 13.5. The summed E-state index contributed by atoms with van der Waals surface area (Å²) in [4.78, 5) is 25.5. The van der Waals surface area contributed by atoms with E-state index in [2.05, 4.69) is 31.3 Å². The van der Waals surface area contributed by atoms with Gasteiger partial charge in [-0.25, -0.2) is 0 Å². The highest BCUT2D eigenvalue weighted by Gasteiger charge is 2.24.